The van der Waals surface area contributed by atoms with Crippen molar-refractivity contribution in [2.75, 3.05) is 14.2 Å². The number of ether oxygens (including phenoxy) is 2. The van der Waals surface area contributed by atoms with Gasteiger partial charge in [0.05, 0.1) is 7.11 Å². The van der Waals surface area contributed by atoms with Crippen LogP contribution in [0.3, 0.4) is 0 Å². The summed E-state index contributed by atoms with van der Waals surface area (Å²) < 4.78 is 22.9. The third-order valence-corrected chi connectivity index (χ3v) is 1.95. The summed E-state index contributed by atoms with van der Waals surface area (Å²) in [5, 5.41) is 8.75. The summed E-state index contributed by atoms with van der Waals surface area (Å²) in [6.07, 6.45) is -1.30. The molecule has 0 radical (unpaired) electrons. The second-order valence-electron chi connectivity index (χ2n) is 2.84. The molecule has 0 fully saturated rings. The van der Waals surface area contributed by atoms with Gasteiger partial charge in [0.1, 0.15) is 11.6 Å². The van der Waals surface area contributed by atoms with E-state index >= 15 is 0 Å². The standard InChI is InChI=1S/C10H11FO4/c1-14-6-3-4-7(8(11)5-6)9(15-2)10(12)13/h3-5,9H,1-2H3,(H,12,13). The Hall–Kier alpha value is -1.62. The molecule has 4 nitrogen and oxygen atoms in total. The van der Waals surface area contributed by atoms with E-state index in [2.05, 4.69) is 4.74 Å². The van der Waals surface area contributed by atoms with Crippen molar-refractivity contribution in [1.82, 2.24) is 0 Å². The molecular weight excluding hydrogens is 203 g/mol. The molecule has 15 heavy (non-hydrogen) atoms. The lowest BCUT2D eigenvalue weighted by molar-refractivity contribution is -0.149. The number of carbonyl (C=O) groups is 1. The third kappa shape index (κ3) is 2.44. The first kappa shape index (κ1) is 11.5. The average molecular weight is 214 g/mol. The number of hydrogen-bond donors (Lipinski definition) is 1. The molecule has 1 atom stereocenters. The van der Waals surface area contributed by atoms with Crippen molar-refractivity contribution in [1.29, 1.82) is 0 Å². The van der Waals surface area contributed by atoms with Crippen LogP contribution in [0.1, 0.15) is 11.7 Å². The van der Waals surface area contributed by atoms with E-state index in [9.17, 15) is 9.18 Å². The summed E-state index contributed by atoms with van der Waals surface area (Å²) in [5.74, 6) is -1.57. The van der Waals surface area contributed by atoms with Crippen LogP contribution in [0, 0.1) is 5.82 Å². The molecule has 0 spiro atoms. The monoisotopic (exact) mass is 214 g/mol. The fraction of sp³-hybridized carbons (Fsp3) is 0.300. The maximum absolute atomic E-state index is 13.4. The molecule has 0 heterocycles. The van der Waals surface area contributed by atoms with Gasteiger partial charge in [-0.2, -0.15) is 0 Å². The van der Waals surface area contributed by atoms with Gasteiger partial charge in [0.15, 0.2) is 6.10 Å². The Labute approximate surface area is 86.2 Å². The average Bonchev–Trinajstić information content (AvgIpc) is 2.20. The van der Waals surface area contributed by atoms with E-state index in [0.717, 1.165) is 6.07 Å². The molecule has 0 saturated heterocycles. The summed E-state index contributed by atoms with van der Waals surface area (Å²) >= 11 is 0. The maximum atomic E-state index is 13.4. The molecule has 1 aromatic carbocycles. The van der Waals surface area contributed by atoms with Crippen molar-refractivity contribution >= 4 is 5.97 Å². The predicted octanol–water partition coefficient (Wildman–Crippen LogP) is 1.61. The number of rotatable bonds is 4. The van der Waals surface area contributed by atoms with Gasteiger partial charge in [0.25, 0.3) is 0 Å². The van der Waals surface area contributed by atoms with Crippen LogP contribution in [0.2, 0.25) is 0 Å². The van der Waals surface area contributed by atoms with E-state index in [-0.39, 0.29) is 5.56 Å². The van der Waals surface area contributed by atoms with Gasteiger partial charge in [-0.25, -0.2) is 9.18 Å². The number of carboxylic acids is 1. The van der Waals surface area contributed by atoms with Crippen LogP contribution in [0.15, 0.2) is 18.2 Å². The Kier molecular flexibility index (Phi) is 3.62. The second kappa shape index (κ2) is 4.75. The highest BCUT2D eigenvalue weighted by Gasteiger charge is 2.22. The zero-order valence-corrected chi connectivity index (χ0v) is 8.36. The first-order valence-corrected chi connectivity index (χ1v) is 4.19. The van der Waals surface area contributed by atoms with Gasteiger partial charge in [0, 0.05) is 18.7 Å². The normalized spacial score (nSPS) is 12.2. The highest BCUT2D eigenvalue weighted by Crippen LogP contribution is 2.24. The molecule has 82 valence electrons. The smallest absolute Gasteiger partial charge is 0.337 e. The van der Waals surface area contributed by atoms with E-state index in [4.69, 9.17) is 9.84 Å². The highest BCUT2D eigenvalue weighted by atomic mass is 19.1. The molecular formula is C10H11FO4. The number of hydrogen-bond acceptors (Lipinski definition) is 3. The van der Waals surface area contributed by atoms with Crippen molar-refractivity contribution in [2.24, 2.45) is 0 Å². The number of methoxy groups -OCH3 is 2. The first-order chi connectivity index (χ1) is 7.10. The summed E-state index contributed by atoms with van der Waals surface area (Å²) in [6.45, 7) is 0. The van der Waals surface area contributed by atoms with Crippen LogP contribution in [-0.4, -0.2) is 25.3 Å². The van der Waals surface area contributed by atoms with Crippen molar-refractivity contribution < 1.29 is 23.8 Å². The predicted molar refractivity (Wildman–Crippen MR) is 50.3 cm³/mol. The lowest BCUT2D eigenvalue weighted by Gasteiger charge is -2.12. The summed E-state index contributed by atoms with van der Waals surface area (Å²) in [4.78, 5) is 10.7. The Morgan fingerprint density at radius 2 is 2.13 bits per heavy atom. The molecule has 0 aromatic heterocycles. The SMILES string of the molecule is COc1ccc(C(OC)C(=O)O)c(F)c1. The van der Waals surface area contributed by atoms with Crippen LogP contribution in [0.25, 0.3) is 0 Å². The second-order valence-corrected chi connectivity index (χ2v) is 2.84. The zero-order valence-electron chi connectivity index (χ0n) is 8.36. The zero-order chi connectivity index (χ0) is 11.4. The van der Waals surface area contributed by atoms with Crippen LogP contribution >= 0.6 is 0 Å². The van der Waals surface area contributed by atoms with Crippen molar-refractivity contribution in [2.45, 2.75) is 6.10 Å². The van der Waals surface area contributed by atoms with Crippen LogP contribution in [0.5, 0.6) is 5.75 Å². The van der Waals surface area contributed by atoms with Crippen LogP contribution in [-0.2, 0) is 9.53 Å². The van der Waals surface area contributed by atoms with Gasteiger partial charge in [-0.1, -0.05) is 0 Å². The van der Waals surface area contributed by atoms with E-state index in [1.54, 1.807) is 0 Å². The van der Waals surface area contributed by atoms with E-state index < -0.39 is 17.9 Å². The Balaban J connectivity index is 3.08. The molecule has 0 aliphatic rings. The van der Waals surface area contributed by atoms with Crippen LogP contribution in [0.4, 0.5) is 4.39 Å². The quantitative estimate of drug-likeness (QED) is 0.827. The summed E-state index contributed by atoms with van der Waals surface area (Å²) in [5.41, 5.74) is -0.0224. The number of benzene rings is 1. The van der Waals surface area contributed by atoms with Crippen molar-refractivity contribution in [3.63, 3.8) is 0 Å². The topological polar surface area (TPSA) is 55.8 Å². The van der Waals surface area contributed by atoms with E-state index in [1.165, 1.54) is 26.4 Å². The van der Waals surface area contributed by atoms with E-state index in [0.29, 0.717) is 5.75 Å². The lowest BCUT2D eigenvalue weighted by Crippen LogP contribution is -2.14. The molecule has 5 heteroatoms. The molecule has 0 amide bonds. The molecule has 0 saturated carbocycles. The van der Waals surface area contributed by atoms with Gasteiger partial charge in [-0.15, -0.1) is 0 Å². The molecule has 0 aliphatic carbocycles. The van der Waals surface area contributed by atoms with Gasteiger partial charge >= 0.3 is 5.97 Å². The molecule has 0 aliphatic heterocycles. The van der Waals surface area contributed by atoms with Crippen molar-refractivity contribution in [3.8, 4) is 5.75 Å². The minimum absolute atomic E-state index is 0.0224. The molecule has 1 aromatic rings. The number of carboxylic acid groups (broad SMARTS) is 1. The fourth-order valence-electron chi connectivity index (χ4n) is 1.21. The van der Waals surface area contributed by atoms with Crippen LogP contribution < -0.4 is 4.74 Å². The van der Waals surface area contributed by atoms with Crippen molar-refractivity contribution in [3.05, 3.63) is 29.6 Å². The number of aliphatic carboxylic acids is 1. The highest BCUT2D eigenvalue weighted by molar-refractivity contribution is 5.74. The maximum Gasteiger partial charge on any atom is 0.337 e. The fourth-order valence-corrected chi connectivity index (χ4v) is 1.21. The minimum Gasteiger partial charge on any atom is -0.497 e. The Morgan fingerprint density at radius 3 is 2.53 bits per heavy atom. The largest absolute Gasteiger partial charge is 0.497 e. The molecule has 1 rings (SSSR count). The first-order valence-electron chi connectivity index (χ1n) is 4.19. The van der Waals surface area contributed by atoms with Gasteiger partial charge < -0.3 is 14.6 Å². The van der Waals surface area contributed by atoms with Gasteiger partial charge in [-0.05, 0) is 12.1 Å². The molecule has 1 N–H and O–H groups in total. The van der Waals surface area contributed by atoms with E-state index in [1.807, 2.05) is 0 Å². The molecule has 0 bridgehead atoms. The lowest BCUT2D eigenvalue weighted by atomic mass is 10.1. The van der Waals surface area contributed by atoms with Gasteiger partial charge in [-0.3, -0.25) is 0 Å². The Morgan fingerprint density at radius 1 is 1.47 bits per heavy atom. The number of halogens is 1. The third-order valence-electron chi connectivity index (χ3n) is 1.95. The minimum atomic E-state index is -1.30. The van der Waals surface area contributed by atoms with Gasteiger partial charge in [0.2, 0.25) is 0 Å². The molecule has 1 unspecified atom stereocenters. The Bertz CT molecular complexity index is 364. The summed E-state index contributed by atoms with van der Waals surface area (Å²) in [6, 6.07) is 3.92. The summed E-state index contributed by atoms with van der Waals surface area (Å²) in [7, 11) is 2.61.